The van der Waals surface area contributed by atoms with E-state index in [0.29, 0.717) is 19.4 Å². The highest BCUT2D eigenvalue weighted by Crippen LogP contribution is 2.23. The molecule has 0 spiro atoms. The first-order valence-electron chi connectivity index (χ1n) is 31.9. The van der Waals surface area contributed by atoms with Gasteiger partial charge in [-0.25, -0.2) is 0 Å². The van der Waals surface area contributed by atoms with Crippen LogP contribution in [0.15, 0.2) is 48.6 Å². The Morgan fingerprint density at radius 3 is 1.34 bits per heavy atom. The van der Waals surface area contributed by atoms with Crippen molar-refractivity contribution in [2.24, 2.45) is 0 Å². The van der Waals surface area contributed by atoms with E-state index in [1.807, 2.05) is 6.08 Å². The lowest BCUT2D eigenvalue weighted by Crippen LogP contribution is -2.60. The molecule has 1 aliphatic rings. The molecule has 1 amide bonds. The van der Waals surface area contributed by atoms with E-state index in [0.717, 1.165) is 83.5 Å². The molecule has 6 N–H and O–H groups in total. The van der Waals surface area contributed by atoms with Crippen LogP contribution in [0.3, 0.4) is 0 Å². The molecular weight excluding hydrogens is 955 g/mol. The minimum absolute atomic E-state index is 0.0125. The van der Waals surface area contributed by atoms with Gasteiger partial charge in [-0.3, -0.25) is 9.59 Å². The summed E-state index contributed by atoms with van der Waals surface area (Å²) in [6.07, 6.45) is 59.4. The van der Waals surface area contributed by atoms with Crippen molar-refractivity contribution in [3.63, 3.8) is 0 Å². The molecule has 0 aromatic rings. The van der Waals surface area contributed by atoms with Gasteiger partial charge in [-0.15, -0.1) is 0 Å². The fourth-order valence-corrected chi connectivity index (χ4v) is 9.81. The lowest BCUT2D eigenvalue weighted by Gasteiger charge is -2.40. The summed E-state index contributed by atoms with van der Waals surface area (Å²) in [7, 11) is 0. The fraction of sp³-hybridized carbons (Fsp3) is 0.846. The average molecular weight is 1070 g/mol. The topological polar surface area (TPSA) is 175 Å². The average Bonchev–Trinajstić information content (AvgIpc) is 3.42. The minimum atomic E-state index is -1.57. The third kappa shape index (κ3) is 43.5. The zero-order valence-electron chi connectivity index (χ0n) is 49.0. The van der Waals surface area contributed by atoms with E-state index in [4.69, 9.17) is 14.2 Å². The quantitative estimate of drug-likeness (QED) is 0.0195. The predicted octanol–water partition coefficient (Wildman–Crippen LogP) is 15.2. The van der Waals surface area contributed by atoms with Gasteiger partial charge in [-0.05, 0) is 89.9 Å². The van der Waals surface area contributed by atoms with Crippen LogP contribution in [0.25, 0.3) is 0 Å². The normalized spacial score (nSPS) is 19.0. The van der Waals surface area contributed by atoms with Gasteiger partial charge in [0, 0.05) is 12.8 Å². The highest BCUT2D eigenvalue weighted by atomic mass is 16.7. The number of hydrogen-bond donors (Lipinski definition) is 6. The van der Waals surface area contributed by atoms with Crippen molar-refractivity contribution in [3.8, 4) is 0 Å². The lowest BCUT2D eigenvalue weighted by molar-refractivity contribution is -0.302. The third-order valence-corrected chi connectivity index (χ3v) is 14.9. The van der Waals surface area contributed by atoms with Gasteiger partial charge >= 0.3 is 5.97 Å². The first-order chi connectivity index (χ1) is 37.2. The molecule has 1 fully saturated rings. The number of unbranched alkanes of at least 4 members (excludes halogenated alkanes) is 35. The van der Waals surface area contributed by atoms with Crippen molar-refractivity contribution in [2.45, 2.75) is 333 Å². The molecule has 0 aliphatic carbocycles. The Hall–Kier alpha value is -2.38. The maximum absolute atomic E-state index is 13.0. The van der Waals surface area contributed by atoms with Crippen molar-refractivity contribution in [2.75, 3.05) is 19.8 Å². The molecule has 0 bridgehead atoms. The second-order valence-electron chi connectivity index (χ2n) is 22.1. The monoisotopic (exact) mass is 1070 g/mol. The maximum Gasteiger partial charge on any atom is 0.305 e. The number of aliphatic hydroxyl groups excluding tert-OH is 5. The smallest absolute Gasteiger partial charge is 0.305 e. The van der Waals surface area contributed by atoms with E-state index in [9.17, 15) is 35.1 Å². The fourth-order valence-electron chi connectivity index (χ4n) is 9.81. The maximum atomic E-state index is 13.0. The summed E-state index contributed by atoms with van der Waals surface area (Å²) >= 11 is 0. The van der Waals surface area contributed by atoms with Gasteiger partial charge in [0.25, 0.3) is 0 Å². The summed E-state index contributed by atoms with van der Waals surface area (Å²) in [6, 6.07) is -0.817. The molecule has 76 heavy (non-hydrogen) atoms. The zero-order valence-corrected chi connectivity index (χ0v) is 49.0. The van der Waals surface area contributed by atoms with Crippen molar-refractivity contribution in [1.82, 2.24) is 5.32 Å². The molecule has 1 heterocycles. The van der Waals surface area contributed by atoms with Crippen LogP contribution >= 0.6 is 0 Å². The Labute approximate surface area is 466 Å². The molecule has 11 nitrogen and oxygen atoms in total. The predicted molar refractivity (Wildman–Crippen MR) is 315 cm³/mol. The summed E-state index contributed by atoms with van der Waals surface area (Å²) in [5.41, 5.74) is 0. The number of aliphatic hydroxyl groups is 5. The molecule has 7 atom stereocenters. The first-order valence-corrected chi connectivity index (χ1v) is 31.9. The minimum Gasteiger partial charge on any atom is -0.466 e. The molecule has 1 saturated heterocycles. The SMILES string of the molecule is CCCCCCCCC/C=C\CCCCCCCC(=O)OCCCCCCCCCCC/C=C\C/C=C\CCCCCCCCCC(=O)NC(COC1OC(CO)C(O)C(O)C1O)C(O)/C=C/CCCCCCCCC. The molecule has 0 aromatic heterocycles. The number of amides is 1. The van der Waals surface area contributed by atoms with Crippen LogP contribution in [0.4, 0.5) is 0 Å². The van der Waals surface area contributed by atoms with Gasteiger partial charge < -0.3 is 45.1 Å². The summed E-state index contributed by atoms with van der Waals surface area (Å²) in [5, 5.41) is 54.2. The Morgan fingerprint density at radius 1 is 0.487 bits per heavy atom. The zero-order chi connectivity index (χ0) is 55.2. The van der Waals surface area contributed by atoms with Crippen molar-refractivity contribution >= 4 is 11.9 Å². The molecule has 0 aromatic carbocycles. The van der Waals surface area contributed by atoms with Crippen LogP contribution in [0, 0.1) is 0 Å². The molecule has 0 saturated carbocycles. The number of hydrogen-bond acceptors (Lipinski definition) is 10. The molecule has 1 rings (SSSR count). The van der Waals surface area contributed by atoms with Gasteiger partial charge in [0.2, 0.25) is 5.91 Å². The molecular formula is C65H119NO10. The van der Waals surface area contributed by atoms with Gasteiger partial charge in [0.15, 0.2) is 6.29 Å². The van der Waals surface area contributed by atoms with Gasteiger partial charge in [0.05, 0.1) is 32.0 Å². The third-order valence-electron chi connectivity index (χ3n) is 14.9. The van der Waals surface area contributed by atoms with E-state index in [1.165, 1.54) is 180 Å². The molecule has 11 heteroatoms. The summed E-state index contributed by atoms with van der Waals surface area (Å²) < 4.78 is 16.7. The van der Waals surface area contributed by atoms with E-state index in [-0.39, 0.29) is 18.5 Å². The molecule has 1 aliphatic heterocycles. The van der Waals surface area contributed by atoms with Crippen LogP contribution in [0.2, 0.25) is 0 Å². The van der Waals surface area contributed by atoms with Crippen molar-refractivity contribution in [1.29, 1.82) is 0 Å². The largest absolute Gasteiger partial charge is 0.466 e. The Balaban J connectivity index is 2.00. The van der Waals surface area contributed by atoms with E-state index in [2.05, 4.69) is 55.6 Å². The number of esters is 1. The van der Waals surface area contributed by atoms with Crippen LogP contribution in [-0.4, -0.2) is 100 Å². The molecule has 0 radical (unpaired) electrons. The molecule has 444 valence electrons. The number of nitrogens with one attached hydrogen (secondary N) is 1. The standard InChI is InChI=1S/C65H119NO10/c1-3-5-7-9-11-13-14-15-16-27-30-33-37-41-45-49-53-61(70)74-54-50-46-42-38-34-31-28-25-23-21-19-17-18-20-22-24-26-29-32-36-40-44-48-52-60(69)66-57(58(68)51-47-43-39-35-12-10-8-6-4-2)56-75-65-64(73)63(72)62(71)59(55-67)76-65/h16-17,19-20,22,27,47,51,57-59,62-65,67-68,71-73H,3-15,18,21,23-26,28-46,48-50,52-56H2,1-2H3,(H,66,69)/b19-17-,22-20-,27-16-,51-47+. The highest BCUT2D eigenvalue weighted by Gasteiger charge is 2.44. The van der Waals surface area contributed by atoms with E-state index >= 15 is 0 Å². The summed E-state index contributed by atoms with van der Waals surface area (Å²) in [5.74, 6) is -0.207. The highest BCUT2D eigenvalue weighted by molar-refractivity contribution is 5.76. The van der Waals surface area contributed by atoms with Gasteiger partial charge in [-0.1, -0.05) is 236 Å². The van der Waals surface area contributed by atoms with Gasteiger partial charge in [-0.2, -0.15) is 0 Å². The number of rotatable bonds is 55. The lowest BCUT2D eigenvalue weighted by atomic mass is 9.99. The second kappa shape index (κ2) is 54.6. The van der Waals surface area contributed by atoms with Crippen LogP contribution < -0.4 is 5.32 Å². The van der Waals surface area contributed by atoms with Crippen molar-refractivity contribution < 1.29 is 49.3 Å². The van der Waals surface area contributed by atoms with Crippen LogP contribution in [0.1, 0.15) is 290 Å². The first kappa shape index (κ1) is 71.6. The second-order valence-corrected chi connectivity index (χ2v) is 22.1. The summed E-state index contributed by atoms with van der Waals surface area (Å²) in [6.45, 7) is 4.30. The van der Waals surface area contributed by atoms with Crippen molar-refractivity contribution in [3.05, 3.63) is 48.6 Å². The summed E-state index contributed by atoms with van der Waals surface area (Å²) in [4.78, 5) is 25.1. The number of carbonyl (C=O) groups is 2. The number of carbonyl (C=O) groups excluding carboxylic acids is 2. The number of allylic oxidation sites excluding steroid dienone is 7. The van der Waals surface area contributed by atoms with Crippen LogP contribution in [0.5, 0.6) is 0 Å². The Kier molecular flexibility index (Phi) is 51.4. The van der Waals surface area contributed by atoms with Gasteiger partial charge in [0.1, 0.15) is 24.4 Å². The Morgan fingerprint density at radius 2 is 0.882 bits per heavy atom. The molecule has 7 unspecified atom stereocenters. The van der Waals surface area contributed by atoms with E-state index < -0.39 is 49.5 Å². The Bertz CT molecular complexity index is 1400. The van der Waals surface area contributed by atoms with E-state index in [1.54, 1.807) is 6.08 Å². The van der Waals surface area contributed by atoms with Crippen LogP contribution in [-0.2, 0) is 23.8 Å². The number of ether oxygens (including phenoxy) is 3.